The van der Waals surface area contributed by atoms with E-state index in [1.54, 1.807) is 12.1 Å². The summed E-state index contributed by atoms with van der Waals surface area (Å²) < 4.78 is 23.5. The second-order valence-corrected chi connectivity index (χ2v) is 5.85. The van der Waals surface area contributed by atoms with Crippen LogP contribution in [0.2, 0.25) is 0 Å². The van der Waals surface area contributed by atoms with Crippen molar-refractivity contribution in [1.29, 1.82) is 0 Å². The van der Waals surface area contributed by atoms with E-state index < -0.39 is 5.97 Å². The van der Waals surface area contributed by atoms with E-state index in [0.717, 1.165) is 35.1 Å². The minimum absolute atomic E-state index is 0.166. The Hall–Kier alpha value is -2.67. The Labute approximate surface area is 137 Å². The third kappa shape index (κ3) is 2.56. The van der Waals surface area contributed by atoms with E-state index in [2.05, 4.69) is 19.6 Å². The molecule has 4 rings (SSSR count). The molecule has 1 aliphatic heterocycles. The number of aromatic amines is 1. The van der Waals surface area contributed by atoms with Crippen molar-refractivity contribution in [2.75, 3.05) is 13.7 Å². The number of carbonyl (C=O) groups is 1. The van der Waals surface area contributed by atoms with Gasteiger partial charge in [-0.2, -0.15) is 0 Å². The SMILES string of the molecule is COC(=O)c1coc(CN2CCc3[nH]c4ccc(F)cc4c3C2)n1. The van der Waals surface area contributed by atoms with E-state index >= 15 is 0 Å². The zero-order valence-electron chi connectivity index (χ0n) is 13.1. The number of hydrogen-bond acceptors (Lipinski definition) is 5. The van der Waals surface area contributed by atoms with E-state index in [1.807, 2.05) is 0 Å². The van der Waals surface area contributed by atoms with E-state index in [9.17, 15) is 9.18 Å². The van der Waals surface area contributed by atoms with Gasteiger partial charge in [-0.25, -0.2) is 14.2 Å². The highest BCUT2D eigenvalue weighted by molar-refractivity contribution is 5.86. The Kier molecular flexibility index (Phi) is 3.57. The first-order valence-electron chi connectivity index (χ1n) is 7.68. The summed E-state index contributed by atoms with van der Waals surface area (Å²) in [6.45, 7) is 1.99. The molecule has 1 N–H and O–H groups in total. The molecule has 6 nitrogen and oxygen atoms in total. The average molecular weight is 329 g/mol. The fourth-order valence-electron chi connectivity index (χ4n) is 3.15. The first-order chi connectivity index (χ1) is 11.6. The quantitative estimate of drug-likeness (QED) is 0.748. The maximum Gasteiger partial charge on any atom is 0.360 e. The summed E-state index contributed by atoms with van der Waals surface area (Å²) in [4.78, 5) is 21.1. The van der Waals surface area contributed by atoms with Crippen LogP contribution >= 0.6 is 0 Å². The summed E-state index contributed by atoms with van der Waals surface area (Å²) in [5.74, 6) is -0.292. The van der Waals surface area contributed by atoms with Gasteiger partial charge < -0.3 is 14.1 Å². The standard InChI is InChI=1S/C17H16FN3O3/c1-23-17(22)15-9-24-16(20-15)8-21-5-4-14-12(7-21)11-6-10(18)2-3-13(11)19-14/h2-3,6,9,19H,4-5,7-8H2,1H3. The summed E-state index contributed by atoms with van der Waals surface area (Å²) >= 11 is 0. The van der Waals surface area contributed by atoms with Crippen LogP contribution in [0, 0.1) is 5.82 Å². The Morgan fingerprint density at radius 1 is 1.50 bits per heavy atom. The van der Waals surface area contributed by atoms with E-state index in [0.29, 0.717) is 19.0 Å². The Morgan fingerprint density at radius 3 is 3.21 bits per heavy atom. The number of oxazole rings is 1. The molecule has 0 unspecified atom stereocenters. The second-order valence-electron chi connectivity index (χ2n) is 5.85. The molecule has 7 heteroatoms. The number of esters is 1. The van der Waals surface area contributed by atoms with E-state index in [4.69, 9.17) is 4.42 Å². The predicted octanol–water partition coefficient (Wildman–Crippen LogP) is 2.64. The first-order valence-corrected chi connectivity index (χ1v) is 7.68. The Bertz CT molecular complexity index is 915. The Balaban J connectivity index is 1.55. The molecule has 2 aromatic heterocycles. The van der Waals surface area contributed by atoms with E-state index in [-0.39, 0.29) is 11.5 Å². The number of halogens is 1. The van der Waals surface area contributed by atoms with Crippen molar-refractivity contribution in [3.8, 4) is 0 Å². The number of hydrogen-bond donors (Lipinski definition) is 1. The zero-order valence-corrected chi connectivity index (χ0v) is 13.1. The summed E-state index contributed by atoms with van der Waals surface area (Å²) in [6, 6.07) is 4.79. The highest BCUT2D eigenvalue weighted by Gasteiger charge is 2.23. The summed E-state index contributed by atoms with van der Waals surface area (Å²) in [6.07, 6.45) is 2.15. The lowest BCUT2D eigenvalue weighted by molar-refractivity contribution is 0.0594. The molecule has 0 amide bonds. The van der Waals surface area contributed by atoms with Gasteiger partial charge in [0.05, 0.1) is 13.7 Å². The molecule has 24 heavy (non-hydrogen) atoms. The van der Waals surface area contributed by atoms with Crippen LogP contribution in [0.5, 0.6) is 0 Å². The lowest BCUT2D eigenvalue weighted by Gasteiger charge is -2.25. The lowest BCUT2D eigenvalue weighted by Crippen LogP contribution is -2.29. The van der Waals surface area contributed by atoms with Crippen LogP contribution in [-0.2, 0) is 24.2 Å². The molecule has 0 radical (unpaired) electrons. The number of rotatable bonds is 3. The highest BCUT2D eigenvalue weighted by atomic mass is 19.1. The number of benzene rings is 1. The van der Waals surface area contributed by atoms with Gasteiger partial charge in [-0.3, -0.25) is 4.90 Å². The van der Waals surface area contributed by atoms with Gasteiger partial charge in [0, 0.05) is 36.1 Å². The molecular weight excluding hydrogens is 313 g/mol. The first kappa shape index (κ1) is 14.9. The second kappa shape index (κ2) is 5.76. The smallest absolute Gasteiger partial charge is 0.360 e. The number of H-pyrrole nitrogens is 1. The van der Waals surface area contributed by atoms with Gasteiger partial charge in [-0.05, 0) is 23.8 Å². The normalized spacial score (nSPS) is 14.8. The molecule has 0 atom stereocenters. The molecule has 3 heterocycles. The molecule has 3 aromatic rings. The van der Waals surface area contributed by atoms with Crippen molar-refractivity contribution >= 4 is 16.9 Å². The van der Waals surface area contributed by atoms with Crippen LogP contribution in [0.4, 0.5) is 4.39 Å². The molecule has 1 aromatic carbocycles. The molecule has 0 fully saturated rings. The van der Waals surface area contributed by atoms with Gasteiger partial charge in [-0.15, -0.1) is 0 Å². The minimum atomic E-state index is -0.516. The number of fused-ring (bicyclic) bond motifs is 3. The number of nitrogens with one attached hydrogen (secondary N) is 1. The van der Waals surface area contributed by atoms with Crippen LogP contribution in [0.15, 0.2) is 28.9 Å². The van der Waals surface area contributed by atoms with Crippen molar-refractivity contribution in [2.45, 2.75) is 19.5 Å². The number of carbonyl (C=O) groups excluding carboxylic acids is 1. The average Bonchev–Trinajstić information content (AvgIpc) is 3.18. The van der Waals surface area contributed by atoms with Gasteiger partial charge >= 0.3 is 5.97 Å². The van der Waals surface area contributed by atoms with Crippen LogP contribution < -0.4 is 0 Å². The van der Waals surface area contributed by atoms with Crippen molar-refractivity contribution in [1.82, 2.24) is 14.9 Å². The van der Waals surface area contributed by atoms with Crippen LogP contribution in [0.1, 0.15) is 27.6 Å². The van der Waals surface area contributed by atoms with Gasteiger partial charge in [0.1, 0.15) is 12.1 Å². The molecule has 124 valence electrons. The van der Waals surface area contributed by atoms with Gasteiger partial charge in [0.15, 0.2) is 5.69 Å². The molecule has 0 spiro atoms. The minimum Gasteiger partial charge on any atom is -0.464 e. The van der Waals surface area contributed by atoms with Crippen molar-refractivity contribution in [3.05, 3.63) is 53.1 Å². The fraction of sp³-hybridized carbons (Fsp3) is 0.294. The largest absolute Gasteiger partial charge is 0.464 e. The van der Waals surface area contributed by atoms with Crippen LogP contribution in [0.25, 0.3) is 10.9 Å². The maximum absolute atomic E-state index is 13.5. The van der Waals surface area contributed by atoms with Crippen LogP contribution in [0.3, 0.4) is 0 Å². The molecular formula is C17H16FN3O3. The number of methoxy groups -OCH3 is 1. The summed E-state index contributed by atoms with van der Waals surface area (Å²) in [7, 11) is 1.30. The topological polar surface area (TPSA) is 71.4 Å². The fourth-order valence-corrected chi connectivity index (χ4v) is 3.15. The number of ether oxygens (including phenoxy) is 1. The molecule has 0 saturated carbocycles. The van der Waals surface area contributed by atoms with Gasteiger partial charge in [0.25, 0.3) is 0 Å². The monoisotopic (exact) mass is 329 g/mol. The van der Waals surface area contributed by atoms with Crippen molar-refractivity contribution in [3.63, 3.8) is 0 Å². The molecule has 1 aliphatic rings. The summed E-state index contributed by atoms with van der Waals surface area (Å²) in [5.41, 5.74) is 3.37. The van der Waals surface area contributed by atoms with Gasteiger partial charge in [0.2, 0.25) is 5.89 Å². The Morgan fingerprint density at radius 2 is 2.38 bits per heavy atom. The summed E-state index contributed by atoms with van der Waals surface area (Å²) in [5, 5.41) is 0.914. The van der Waals surface area contributed by atoms with Gasteiger partial charge in [-0.1, -0.05) is 0 Å². The molecule has 0 aliphatic carbocycles. The lowest BCUT2D eigenvalue weighted by atomic mass is 10.0. The zero-order chi connectivity index (χ0) is 16.7. The maximum atomic E-state index is 13.5. The number of nitrogens with zero attached hydrogens (tertiary/aromatic N) is 2. The highest BCUT2D eigenvalue weighted by Crippen LogP contribution is 2.28. The van der Waals surface area contributed by atoms with Crippen molar-refractivity contribution in [2.24, 2.45) is 0 Å². The van der Waals surface area contributed by atoms with E-state index in [1.165, 1.54) is 19.4 Å². The third-order valence-corrected chi connectivity index (χ3v) is 4.32. The molecule has 0 saturated heterocycles. The predicted molar refractivity (Wildman–Crippen MR) is 83.9 cm³/mol. The number of aromatic nitrogens is 2. The van der Waals surface area contributed by atoms with Crippen LogP contribution in [-0.4, -0.2) is 34.5 Å². The third-order valence-electron chi connectivity index (χ3n) is 4.32. The van der Waals surface area contributed by atoms with Crippen molar-refractivity contribution < 1.29 is 18.3 Å². The molecule has 0 bridgehead atoms.